The zero-order chi connectivity index (χ0) is 18.2. The van der Waals surface area contributed by atoms with Crippen molar-refractivity contribution < 1.29 is 18.3 Å². The van der Waals surface area contributed by atoms with E-state index in [0.717, 1.165) is 17.2 Å². The van der Waals surface area contributed by atoms with Gasteiger partial charge in [-0.15, -0.1) is 0 Å². The van der Waals surface area contributed by atoms with Crippen molar-refractivity contribution in [2.24, 2.45) is 0 Å². The average Bonchev–Trinajstić information content (AvgIpc) is 3.02. The van der Waals surface area contributed by atoms with Crippen LogP contribution >= 0.6 is 0 Å². The van der Waals surface area contributed by atoms with E-state index in [4.69, 9.17) is 0 Å². The number of aliphatic hydroxyl groups excluding tert-OH is 1. The van der Waals surface area contributed by atoms with Crippen molar-refractivity contribution in [3.05, 3.63) is 76.7 Å². The number of rotatable bonds is 3. The Hall–Kier alpha value is -2.60. The summed E-state index contributed by atoms with van der Waals surface area (Å²) in [5.41, 5.74) is 2.09. The molecule has 0 saturated carbocycles. The summed E-state index contributed by atoms with van der Waals surface area (Å²) in [4.78, 5) is 6.90. The number of hydrogen-bond donors (Lipinski definition) is 2. The van der Waals surface area contributed by atoms with E-state index in [2.05, 4.69) is 9.97 Å². The first-order valence-electron chi connectivity index (χ1n) is 7.73. The minimum atomic E-state index is -4.46. The molecule has 6 heteroatoms. The van der Waals surface area contributed by atoms with E-state index in [1.54, 1.807) is 0 Å². The second-order valence-corrected chi connectivity index (χ2v) is 6.05. The fourth-order valence-electron chi connectivity index (χ4n) is 2.90. The molecular weight excluding hydrogens is 329 g/mol. The van der Waals surface area contributed by atoms with Gasteiger partial charge in [-0.25, -0.2) is 4.98 Å². The van der Waals surface area contributed by atoms with Gasteiger partial charge in [-0.1, -0.05) is 47.5 Å². The molecule has 0 radical (unpaired) electrons. The van der Waals surface area contributed by atoms with E-state index in [-0.39, 0.29) is 17.1 Å². The molecule has 3 nitrogen and oxygen atoms in total. The van der Waals surface area contributed by atoms with Crippen molar-refractivity contribution in [2.75, 3.05) is 0 Å². The third kappa shape index (κ3) is 3.58. The quantitative estimate of drug-likeness (QED) is 0.716. The SMILES string of the molecule is Cc1cc(C)cc(C(O)c2ncc(-c3ccccc3C(F)(F)F)[nH]2)c1. The van der Waals surface area contributed by atoms with Gasteiger partial charge in [0, 0.05) is 5.56 Å². The van der Waals surface area contributed by atoms with Crippen LogP contribution in [-0.2, 0) is 6.18 Å². The molecule has 1 aromatic heterocycles. The van der Waals surface area contributed by atoms with Crippen LogP contribution in [0.25, 0.3) is 11.3 Å². The van der Waals surface area contributed by atoms with Crippen molar-refractivity contribution in [3.63, 3.8) is 0 Å². The van der Waals surface area contributed by atoms with Crippen molar-refractivity contribution >= 4 is 0 Å². The fourth-order valence-corrected chi connectivity index (χ4v) is 2.90. The molecule has 130 valence electrons. The lowest BCUT2D eigenvalue weighted by molar-refractivity contribution is -0.137. The van der Waals surface area contributed by atoms with E-state index in [1.165, 1.54) is 24.4 Å². The van der Waals surface area contributed by atoms with Gasteiger partial charge >= 0.3 is 6.18 Å². The largest absolute Gasteiger partial charge is 0.417 e. The number of H-pyrrole nitrogens is 1. The first-order valence-corrected chi connectivity index (χ1v) is 7.73. The number of benzene rings is 2. The number of halogens is 3. The van der Waals surface area contributed by atoms with E-state index < -0.39 is 17.8 Å². The van der Waals surface area contributed by atoms with Crippen LogP contribution in [-0.4, -0.2) is 15.1 Å². The summed E-state index contributed by atoms with van der Waals surface area (Å²) >= 11 is 0. The van der Waals surface area contributed by atoms with Crippen molar-refractivity contribution in [2.45, 2.75) is 26.1 Å². The molecule has 2 aromatic carbocycles. The van der Waals surface area contributed by atoms with Gasteiger partial charge in [-0.3, -0.25) is 0 Å². The van der Waals surface area contributed by atoms with Gasteiger partial charge in [0.1, 0.15) is 11.9 Å². The molecule has 0 saturated heterocycles. The molecule has 25 heavy (non-hydrogen) atoms. The van der Waals surface area contributed by atoms with Gasteiger partial charge < -0.3 is 10.1 Å². The van der Waals surface area contributed by atoms with Gasteiger partial charge in [-0.2, -0.15) is 13.2 Å². The molecular formula is C19H17F3N2O. The Morgan fingerprint density at radius 3 is 2.32 bits per heavy atom. The molecule has 0 aliphatic carbocycles. The van der Waals surface area contributed by atoms with Crippen molar-refractivity contribution in [3.8, 4) is 11.3 Å². The highest BCUT2D eigenvalue weighted by atomic mass is 19.4. The normalized spacial score (nSPS) is 13.0. The number of hydrogen-bond acceptors (Lipinski definition) is 2. The molecule has 0 spiro atoms. The second kappa shape index (κ2) is 6.37. The Morgan fingerprint density at radius 2 is 1.68 bits per heavy atom. The van der Waals surface area contributed by atoms with Crippen molar-refractivity contribution in [1.29, 1.82) is 0 Å². The number of aryl methyl sites for hydroxylation is 2. The maximum atomic E-state index is 13.2. The molecule has 0 aliphatic rings. The lowest BCUT2D eigenvalue weighted by atomic mass is 10.0. The highest BCUT2D eigenvalue weighted by molar-refractivity contribution is 5.64. The summed E-state index contributed by atoms with van der Waals surface area (Å²) in [6.07, 6.45) is -4.19. The fraction of sp³-hybridized carbons (Fsp3) is 0.211. The van der Waals surface area contributed by atoms with Crippen molar-refractivity contribution in [1.82, 2.24) is 9.97 Å². The van der Waals surface area contributed by atoms with Crippen LogP contribution in [0.5, 0.6) is 0 Å². The Kier molecular flexibility index (Phi) is 4.39. The monoisotopic (exact) mass is 346 g/mol. The summed E-state index contributed by atoms with van der Waals surface area (Å²) in [5, 5.41) is 10.5. The number of nitrogens with zero attached hydrogens (tertiary/aromatic N) is 1. The molecule has 2 N–H and O–H groups in total. The predicted molar refractivity (Wildman–Crippen MR) is 89.0 cm³/mol. The van der Waals surface area contributed by atoms with Crippen LogP contribution < -0.4 is 0 Å². The minimum Gasteiger partial charge on any atom is -0.380 e. The van der Waals surface area contributed by atoms with Gasteiger partial charge in [0.15, 0.2) is 0 Å². The molecule has 1 unspecified atom stereocenters. The lowest BCUT2D eigenvalue weighted by Gasteiger charge is -2.12. The summed E-state index contributed by atoms with van der Waals surface area (Å²) in [6.45, 7) is 3.83. The maximum absolute atomic E-state index is 13.2. The molecule has 3 rings (SSSR count). The van der Waals surface area contributed by atoms with E-state index in [1.807, 2.05) is 32.0 Å². The first kappa shape index (κ1) is 17.2. The van der Waals surface area contributed by atoms with E-state index >= 15 is 0 Å². The molecule has 0 fully saturated rings. The average molecular weight is 346 g/mol. The number of aromatic nitrogens is 2. The number of imidazole rings is 1. The summed E-state index contributed by atoms with van der Waals surface area (Å²) in [6, 6.07) is 10.9. The Balaban J connectivity index is 1.98. The van der Waals surface area contributed by atoms with Gasteiger partial charge in [-0.05, 0) is 25.5 Å². The van der Waals surface area contributed by atoms with Crippen LogP contribution in [0.4, 0.5) is 13.2 Å². The Morgan fingerprint density at radius 1 is 1.04 bits per heavy atom. The Bertz CT molecular complexity index is 879. The minimum absolute atomic E-state index is 0.00127. The number of nitrogens with one attached hydrogen (secondary N) is 1. The zero-order valence-electron chi connectivity index (χ0n) is 13.7. The van der Waals surface area contributed by atoms with Gasteiger partial charge in [0.25, 0.3) is 0 Å². The molecule has 0 aliphatic heterocycles. The van der Waals surface area contributed by atoms with E-state index in [9.17, 15) is 18.3 Å². The number of alkyl halides is 3. The third-order valence-electron chi connectivity index (χ3n) is 3.94. The van der Waals surface area contributed by atoms with Gasteiger partial charge in [0.2, 0.25) is 0 Å². The molecule has 3 aromatic rings. The smallest absolute Gasteiger partial charge is 0.380 e. The topological polar surface area (TPSA) is 48.9 Å². The molecule has 1 atom stereocenters. The number of aromatic amines is 1. The van der Waals surface area contributed by atoms with E-state index in [0.29, 0.717) is 5.56 Å². The maximum Gasteiger partial charge on any atom is 0.417 e. The summed E-state index contributed by atoms with van der Waals surface area (Å²) in [7, 11) is 0. The molecule has 1 heterocycles. The highest BCUT2D eigenvalue weighted by Crippen LogP contribution is 2.36. The highest BCUT2D eigenvalue weighted by Gasteiger charge is 2.33. The van der Waals surface area contributed by atoms with Crippen LogP contribution in [0.15, 0.2) is 48.7 Å². The summed E-state index contributed by atoms with van der Waals surface area (Å²) in [5.74, 6) is 0.206. The van der Waals surface area contributed by atoms with Crippen LogP contribution in [0.1, 0.15) is 34.2 Å². The van der Waals surface area contributed by atoms with Crippen LogP contribution in [0.3, 0.4) is 0 Å². The zero-order valence-corrected chi connectivity index (χ0v) is 13.7. The number of aliphatic hydroxyl groups is 1. The van der Waals surface area contributed by atoms with Crippen LogP contribution in [0, 0.1) is 13.8 Å². The van der Waals surface area contributed by atoms with Crippen LogP contribution in [0.2, 0.25) is 0 Å². The molecule has 0 amide bonds. The Labute approximate surface area is 143 Å². The summed E-state index contributed by atoms with van der Waals surface area (Å²) < 4.78 is 39.5. The standard InChI is InChI=1S/C19H17F3N2O/c1-11-7-12(2)9-13(8-11)17(25)18-23-10-16(24-18)14-5-3-4-6-15(14)19(20,21)22/h3-10,17,25H,1-2H3,(H,23,24). The lowest BCUT2D eigenvalue weighted by Crippen LogP contribution is -2.07. The second-order valence-electron chi connectivity index (χ2n) is 6.05. The molecule has 0 bridgehead atoms. The first-order chi connectivity index (χ1) is 11.8. The third-order valence-corrected chi connectivity index (χ3v) is 3.94. The van der Waals surface area contributed by atoms with Gasteiger partial charge in [0.05, 0.1) is 17.5 Å². The predicted octanol–water partition coefficient (Wildman–Crippen LogP) is 4.79.